The normalized spacial score (nSPS) is 21.6. The Morgan fingerprint density at radius 1 is 1.38 bits per heavy atom. The lowest BCUT2D eigenvalue weighted by atomic mass is 10.0. The lowest BCUT2D eigenvalue weighted by molar-refractivity contribution is 0.142. The average molecular weight is 227 g/mol. The van der Waals surface area contributed by atoms with Gasteiger partial charge in [-0.05, 0) is 65.8 Å². The molecule has 0 aromatic rings. The molecule has 0 aromatic heterocycles. The van der Waals surface area contributed by atoms with Gasteiger partial charge < -0.3 is 15.5 Å². The Hall–Kier alpha value is -0.120. The molecule has 1 aliphatic heterocycles. The molecule has 1 rings (SSSR count). The number of nitrogens with two attached hydrogens (primary N) is 1. The third-order valence-electron chi connectivity index (χ3n) is 3.92. The predicted octanol–water partition coefficient (Wildman–Crippen LogP) is 1.53. The highest BCUT2D eigenvalue weighted by molar-refractivity contribution is 4.76. The Morgan fingerprint density at radius 2 is 2.00 bits per heavy atom. The van der Waals surface area contributed by atoms with Gasteiger partial charge in [0, 0.05) is 12.1 Å². The van der Waals surface area contributed by atoms with Crippen LogP contribution in [0.2, 0.25) is 0 Å². The Balaban J connectivity index is 2.12. The van der Waals surface area contributed by atoms with Crippen LogP contribution in [0.3, 0.4) is 0 Å². The smallest absolute Gasteiger partial charge is 0.0117 e. The molecule has 0 amide bonds. The monoisotopic (exact) mass is 227 g/mol. The van der Waals surface area contributed by atoms with Crippen LogP contribution in [0, 0.1) is 0 Å². The Kier molecular flexibility index (Phi) is 6.32. The van der Waals surface area contributed by atoms with Crippen LogP contribution in [0.4, 0.5) is 0 Å². The van der Waals surface area contributed by atoms with Gasteiger partial charge in [-0.1, -0.05) is 6.92 Å². The summed E-state index contributed by atoms with van der Waals surface area (Å²) >= 11 is 0. The van der Waals surface area contributed by atoms with E-state index in [4.69, 9.17) is 5.73 Å². The van der Waals surface area contributed by atoms with E-state index < -0.39 is 0 Å². The molecule has 1 saturated heterocycles. The molecule has 1 fully saturated rings. The molecule has 0 aliphatic carbocycles. The average Bonchev–Trinajstić information content (AvgIpc) is 2.29. The maximum absolute atomic E-state index is 5.93. The third-order valence-corrected chi connectivity index (χ3v) is 3.92. The second-order valence-corrected chi connectivity index (χ2v) is 5.33. The van der Waals surface area contributed by atoms with Crippen LogP contribution >= 0.6 is 0 Å². The number of rotatable bonds is 6. The highest BCUT2D eigenvalue weighted by Crippen LogP contribution is 2.14. The predicted molar refractivity (Wildman–Crippen MR) is 70.6 cm³/mol. The maximum atomic E-state index is 5.93. The van der Waals surface area contributed by atoms with Gasteiger partial charge in [0.1, 0.15) is 0 Å². The van der Waals surface area contributed by atoms with E-state index in [1.165, 1.54) is 45.3 Å². The second kappa shape index (κ2) is 7.25. The van der Waals surface area contributed by atoms with Crippen molar-refractivity contribution in [2.24, 2.45) is 5.73 Å². The van der Waals surface area contributed by atoms with Gasteiger partial charge in [0.2, 0.25) is 0 Å². The van der Waals surface area contributed by atoms with E-state index in [1.54, 1.807) is 0 Å². The fraction of sp³-hybridized carbons (Fsp3) is 1.00. The van der Waals surface area contributed by atoms with E-state index in [9.17, 15) is 0 Å². The van der Waals surface area contributed by atoms with E-state index in [-0.39, 0.29) is 0 Å². The number of hydrogen-bond donors (Lipinski definition) is 1. The van der Waals surface area contributed by atoms with Crippen LogP contribution < -0.4 is 5.73 Å². The summed E-state index contributed by atoms with van der Waals surface area (Å²) in [5.41, 5.74) is 5.93. The third kappa shape index (κ3) is 4.81. The van der Waals surface area contributed by atoms with Gasteiger partial charge in [-0.25, -0.2) is 0 Å². The highest BCUT2D eigenvalue weighted by Gasteiger charge is 2.19. The largest absolute Gasteiger partial charge is 0.328 e. The maximum Gasteiger partial charge on any atom is 0.0117 e. The van der Waals surface area contributed by atoms with Crippen LogP contribution in [0.5, 0.6) is 0 Å². The van der Waals surface area contributed by atoms with Crippen molar-refractivity contribution >= 4 is 0 Å². The molecule has 1 unspecified atom stereocenters. The van der Waals surface area contributed by atoms with E-state index >= 15 is 0 Å². The van der Waals surface area contributed by atoms with Gasteiger partial charge in [0.15, 0.2) is 0 Å². The molecule has 0 spiro atoms. The zero-order valence-corrected chi connectivity index (χ0v) is 11.3. The number of hydrogen-bond acceptors (Lipinski definition) is 3. The molecule has 1 aliphatic rings. The summed E-state index contributed by atoms with van der Waals surface area (Å²) in [6.07, 6.45) is 6.18. The first-order chi connectivity index (χ1) is 7.63. The molecule has 96 valence electrons. The van der Waals surface area contributed by atoms with Crippen LogP contribution in [0.25, 0.3) is 0 Å². The van der Waals surface area contributed by atoms with Crippen molar-refractivity contribution in [2.75, 3.05) is 33.7 Å². The molecular formula is C13H29N3. The molecule has 0 saturated carbocycles. The van der Waals surface area contributed by atoms with Crippen LogP contribution in [0.1, 0.15) is 39.0 Å². The van der Waals surface area contributed by atoms with E-state index in [0.717, 1.165) is 12.5 Å². The quantitative estimate of drug-likeness (QED) is 0.747. The summed E-state index contributed by atoms with van der Waals surface area (Å²) in [5.74, 6) is 0. The molecule has 0 bridgehead atoms. The van der Waals surface area contributed by atoms with Gasteiger partial charge in [-0.2, -0.15) is 0 Å². The molecule has 3 heteroatoms. The highest BCUT2D eigenvalue weighted by atomic mass is 15.2. The molecule has 0 aromatic carbocycles. The Bertz CT molecular complexity index is 176. The van der Waals surface area contributed by atoms with E-state index in [0.29, 0.717) is 6.04 Å². The number of piperidine rings is 1. The van der Waals surface area contributed by atoms with Crippen molar-refractivity contribution in [2.45, 2.75) is 51.1 Å². The number of nitrogens with zero attached hydrogens (tertiary/aromatic N) is 2. The van der Waals surface area contributed by atoms with Crippen molar-refractivity contribution in [3.8, 4) is 0 Å². The summed E-state index contributed by atoms with van der Waals surface area (Å²) in [6, 6.07) is 1.21. The minimum absolute atomic E-state index is 0.408. The van der Waals surface area contributed by atoms with Crippen LogP contribution in [-0.4, -0.2) is 55.6 Å². The molecule has 1 heterocycles. The van der Waals surface area contributed by atoms with Gasteiger partial charge >= 0.3 is 0 Å². The fourth-order valence-electron chi connectivity index (χ4n) is 2.43. The van der Waals surface area contributed by atoms with Gasteiger partial charge in [0.25, 0.3) is 0 Å². The molecule has 0 radical (unpaired) electrons. The Labute approximate surface area is 101 Å². The van der Waals surface area contributed by atoms with E-state index in [2.05, 4.69) is 30.8 Å². The summed E-state index contributed by atoms with van der Waals surface area (Å²) in [6.45, 7) is 5.89. The molecule has 16 heavy (non-hydrogen) atoms. The summed E-state index contributed by atoms with van der Waals surface area (Å²) < 4.78 is 0. The van der Waals surface area contributed by atoms with Gasteiger partial charge in [-0.3, -0.25) is 0 Å². The summed E-state index contributed by atoms with van der Waals surface area (Å²) in [4.78, 5) is 4.96. The molecular weight excluding hydrogens is 198 g/mol. The first-order valence-corrected chi connectivity index (χ1v) is 6.77. The van der Waals surface area contributed by atoms with Crippen molar-refractivity contribution in [1.29, 1.82) is 0 Å². The lowest BCUT2D eigenvalue weighted by Crippen LogP contribution is -2.42. The van der Waals surface area contributed by atoms with Crippen molar-refractivity contribution in [3.63, 3.8) is 0 Å². The van der Waals surface area contributed by atoms with Crippen molar-refractivity contribution in [1.82, 2.24) is 9.80 Å². The molecule has 2 N–H and O–H groups in total. The summed E-state index contributed by atoms with van der Waals surface area (Å²) in [5, 5.41) is 0. The van der Waals surface area contributed by atoms with Crippen molar-refractivity contribution < 1.29 is 0 Å². The fourth-order valence-corrected chi connectivity index (χ4v) is 2.43. The minimum atomic E-state index is 0.408. The zero-order chi connectivity index (χ0) is 12.0. The van der Waals surface area contributed by atoms with Crippen LogP contribution in [-0.2, 0) is 0 Å². The zero-order valence-electron chi connectivity index (χ0n) is 11.3. The molecule has 1 atom stereocenters. The second-order valence-electron chi connectivity index (χ2n) is 5.33. The number of likely N-dealkylation sites (tertiary alicyclic amines) is 1. The molecule has 3 nitrogen and oxygen atoms in total. The van der Waals surface area contributed by atoms with Gasteiger partial charge in [-0.15, -0.1) is 0 Å². The first-order valence-electron chi connectivity index (χ1n) is 6.77. The first kappa shape index (κ1) is 13.9. The Morgan fingerprint density at radius 3 is 2.56 bits per heavy atom. The van der Waals surface area contributed by atoms with Crippen molar-refractivity contribution in [3.05, 3.63) is 0 Å². The standard InChI is InChI=1S/C13H29N3/c1-4-12(14)6-5-9-16(3)13-7-10-15(2)11-8-13/h12-13H,4-11,14H2,1-3H3. The SMILES string of the molecule is CCC(N)CCCN(C)C1CCN(C)CC1. The lowest BCUT2D eigenvalue weighted by Gasteiger charge is -2.35. The van der Waals surface area contributed by atoms with Gasteiger partial charge in [0.05, 0.1) is 0 Å². The van der Waals surface area contributed by atoms with E-state index in [1.807, 2.05) is 0 Å². The topological polar surface area (TPSA) is 32.5 Å². The minimum Gasteiger partial charge on any atom is -0.328 e. The summed E-state index contributed by atoms with van der Waals surface area (Å²) in [7, 11) is 4.49. The van der Waals surface area contributed by atoms with Crippen LogP contribution in [0.15, 0.2) is 0 Å².